The van der Waals surface area contributed by atoms with Gasteiger partial charge in [0.1, 0.15) is 12.2 Å². The summed E-state index contributed by atoms with van der Waals surface area (Å²) >= 11 is 0. The lowest BCUT2D eigenvalue weighted by molar-refractivity contribution is -0.181. The summed E-state index contributed by atoms with van der Waals surface area (Å²) in [5.74, 6) is 0.303. The maximum absolute atomic E-state index is 13.0. The number of hydrogen-bond donors (Lipinski definition) is 1. The van der Waals surface area contributed by atoms with Gasteiger partial charge in [-0.05, 0) is 76.0 Å². The largest absolute Gasteiger partial charge is 0.462 e. The van der Waals surface area contributed by atoms with E-state index in [0.29, 0.717) is 5.92 Å². The Morgan fingerprint density at radius 2 is 1.89 bits per heavy atom. The van der Waals surface area contributed by atoms with Crippen molar-refractivity contribution in [2.45, 2.75) is 119 Å². The SMILES string of the molecule is CC(=O)OC1CCC2(C)C3CC(O)C4(C)C5C(CC4(C)C3=CCC2C1(C)C)OC(=O)C5CCC=C(C)C. The van der Waals surface area contributed by atoms with E-state index < -0.39 is 11.5 Å². The Labute approximate surface area is 223 Å². The first kappa shape index (κ1) is 27.0. The third-order valence-corrected chi connectivity index (χ3v) is 12.2. The molecule has 4 fully saturated rings. The lowest BCUT2D eigenvalue weighted by atomic mass is 9.40. The number of rotatable bonds is 4. The molecule has 4 aliphatic carbocycles. The molecule has 5 aliphatic rings. The molecule has 0 aromatic heterocycles. The molecule has 0 aromatic carbocycles. The van der Waals surface area contributed by atoms with Crippen LogP contribution in [-0.2, 0) is 19.1 Å². The van der Waals surface area contributed by atoms with Gasteiger partial charge in [-0.15, -0.1) is 0 Å². The summed E-state index contributed by atoms with van der Waals surface area (Å²) in [6, 6.07) is 0. The molecule has 5 rings (SSSR count). The average Bonchev–Trinajstić information content (AvgIpc) is 3.21. The number of carbonyl (C=O) groups excluding carboxylic acids is 2. The average molecular weight is 513 g/mol. The van der Waals surface area contributed by atoms with E-state index in [2.05, 4.69) is 60.6 Å². The summed E-state index contributed by atoms with van der Waals surface area (Å²) in [6.07, 6.45) is 10.0. The van der Waals surface area contributed by atoms with E-state index in [0.717, 1.165) is 44.9 Å². The number of allylic oxidation sites excluding steroid dienone is 4. The maximum atomic E-state index is 13.0. The van der Waals surface area contributed by atoms with Crippen LogP contribution in [0.15, 0.2) is 23.3 Å². The summed E-state index contributed by atoms with van der Waals surface area (Å²) in [5.41, 5.74) is 2.07. The van der Waals surface area contributed by atoms with Crippen LogP contribution >= 0.6 is 0 Å². The molecule has 1 saturated heterocycles. The van der Waals surface area contributed by atoms with E-state index >= 15 is 0 Å². The fraction of sp³-hybridized carbons (Fsp3) is 0.812. The second-order valence-electron chi connectivity index (χ2n) is 14.5. The van der Waals surface area contributed by atoms with Crippen molar-refractivity contribution in [1.29, 1.82) is 0 Å². The number of hydrogen-bond acceptors (Lipinski definition) is 5. The molecule has 0 aromatic rings. The number of ether oxygens (including phenoxy) is 2. The van der Waals surface area contributed by atoms with Crippen LogP contribution in [0.25, 0.3) is 0 Å². The number of esters is 2. The van der Waals surface area contributed by atoms with Crippen LogP contribution in [0.3, 0.4) is 0 Å². The molecule has 1 heterocycles. The van der Waals surface area contributed by atoms with Gasteiger partial charge < -0.3 is 14.6 Å². The fourth-order valence-corrected chi connectivity index (χ4v) is 10.2. The minimum Gasteiger partial charge on any atom is -0.462 e. The van der Waals surface area contributed by atoms with Gasteiger partial charge >= 0.3 is 11.9 Å². The van der Waals surface area contributed by atoms with Crippen molar-refractivity contribution in [3.63, 3.8) is 0 Å². The van der Waals surface area contributed by atoms with Gasteiger partial charge in [-0.25, -0.2) is 0 Å². The van der Waals surface area contributed by atoms with Gasteiger partial charge in [-0.1, -0.05) is 57.9 Å². The molecule has 1 aliphatic heterocycles. The Morgan fingerprint density at radius 1 is 1.19 bits per heavy atom. The van der Waals surface area contributed by atoms with E-state index in [-0.39, 0.29) is 58.1 Å². The molecule has 0 radical (unpaired) electrons. The van der Waals surface area contributed by atoms with E-state index in [1.54, 1.807) is 0 Å². The third kappa shape index (κ3) is 3.65. The first-order chi connectivity index (χ1) is 17.2. The minimum absolute atomic E-state index is 0.0345. The van der Waals surface area contributed by atoms with Crippen LogP contribution in [0.5, 0.6) is 0 Å². The van der Waals surface area contributed by atoms with Crippen molar-refractivity contribution >= 4 is 11.9 Å². The van der Waals surface area contributed by atoms with Gasteiger partial charge in [0, 0.05) is 29.1 Å². The normalized spacial score (nSPS) is 47.5. The van der Waals surface area contributed by atoms with E-state index in [9.17, 15) is 14.7 Å². The van der Waals surface area contributed by atoms with Crippen molar-refractivity contribution in [3.05, 3.63) is 23.3 Å². The fourth-order valence-electron chi connectivity index (χ4n) is 10.2. The Kier molecular flexibility index (Phi) is 6.34. The standard InChI is InChI=1S/C32H48O5/c1-18(2)10-9-11-20-27-23(37-28(20)35)17-31(7)21-12-13-24-29(4,5)26(36-19(3)33)14-15-30(24,6)22(21)16-25(34)32(27,31)8/h10,12,20,22-27,34H,9,11,13-17H2,1-8H3. The molecule has 5 heteroatoms. The molecule has 10 unspecified atom stereocenters. The van der Waals surface area contributed by atoms with E-state index in [1.807, 2.05) is 0 Å². The smallest absolute Gasteiger partial charge is 0.309 e. The molecule has 0 amide bonds. The van der Waals surface area contributed by atoms with Crippen LogP contribution in [0.1, 0.15) is 100 Å². The van der Waals surface area contributed by atoms with Gasteiger partial charge in [-0.3, -0.25) is 9.59 Å². The number of fused-ring (bicyclic) bond motifs is 7. The summed E-state index contributed by atoms with van der Waals surface area (Å²) in [5, 5.41) is 12.0. The highest BCUT2D eigenvalue weighted by atomic mass is 16.6. The Hall–Kier alpha value is -1.62. The van der Waals surface area contributed by atoms with Crippen LogP contribution in [0.4, 0.5) is 0 Å². The zero-order valence-electron chi connectivity index (χ0n) is 24.2. The molecule has 206 valence electrons. The summed E-state index contributed by atoms with van der Waals surface area (Å²) in [7, 11) is 0. The first-order valence-corrected chi connectivity index (χ1v) is 14.6. The van der Waals surface area contributed by atoms with Crippen LogP contribution in [-0.4, -0.2) is 35.4 Å². The second kappa shape index (κ2) is 8.69. The van der Waals surface area contributed by atoms with E-state index in [4.69, 9.17) is 9.47 Å². The molecule has 5 nitrogen and oxygen atoms in total. The number of carbonyl (C=O) groups is 2. The number of aliphatic hydroxyl groups is 1. The van der Waals surface area contributed by atoms with Crippen molar-refractivity contribution in [2.24, 2.45) is 45.3 Å². The number of aliphatic hydroxyl groups excluding tert-OH is 1. The highest BCUT2D eigenvalue weighted by Gasteiger charge is 2.73. The predicted octanol–water partition coefficient (Wildman–Crippen LogP) is 6.39. The predicted molar refractivity (Wildman–Crippen MR) is 143 cm³/mol. The Balaban J connectivity index is 1.50. The third-order valence-electron chi connectivity index (χ3n) is 12.2. The molecule has 3 saturated carbocycles. The lowest BCUT2D eigenvalue weighted by Gasteiger charge is -2.65. The van der Waals surface area contributed by atoms with Crippen molar-refractivity contribution in [3.8, 4) is 0 Å². The topological polar surface area (TPSA) is 72.8 Å². The molecule has 37 heavy (non-hydrogen) atoms. The minimum atomic E-state index is -0.486. The summed E-state index contributed by atoms with van der Waals surface area (Å²) in [6.45, 7) is 17.3. The first-order valence-electron chi connectivity index (χ1n) is 14.6. The van der Waals surface area contributed by atoms with Crippen LogP contribution in [0, 0.1) is 45.3 Å². The lowest BCUT2D eigenvalue weighted by Crippen LogP contribution is -2.62. The van der Waals surface area contributed by atoms with Crippen molar-refractivity contribution in [1.82, 2.24) is 0 Å². The molecule has 0 bridgehead atoms. The molecular weight excluding hydrogens is 464 g/mol. The maximum Gasteiger partial charge on any atom is 0.309 e. The van der Waals surface area contributed by atoms with Gasteiger partial charge in [0.25, 0.3) is 0 Å². The van der Waals surface area contributed by atoms with Crippen LogP contribution in [0.2, 0.25) is 0 Å². The monoisotopic (exact) mass is 512 g/mol. The molecule has 10 atom stereocenters. The van der Waals surface area contributed by atoms with Crippen molar-refractivity contribution < 1.29 is 24.2 Å². The van der Waals surface area contributed by atoms with Gasteiger partial charge in [0.05, 0.1) is 12.0 Å². The van der Waals surface area contributed by atoms with Gasteiger partial charge in [0.2, 0.25) is 0 Å². The van der Waals surface area contributed by atoms with E-state index in [1.165, 1.54) is 18.1 Å². The van der Waals surface area contributed by atoms with Crippen molar-refractivity contribution in [2.75, 3.05) is 0 Å². The quantitative estimate of drug-likeness (QED) is 0.349. The zero-order chi connectivity index (χ0) is 27.1. The molecular formula is C32H48O5. The molecule has 0 spiro atoms. The summed E-state index contributed by atoms with van der Waals surface area (Å²) < 4.78 is 11.9. The Morgan fingerprint density at radius 3 is 2.54 bits per heavy atom. The molecule has 1 N–H and O–H groups in total. The van der Waals surface area contributed by atoms with Crippen LogP contribution < -0.4 is 0 Å². The van der Waals surface area contributed by atoms with Gasteiger partial charge in [0.15, 0.2) is 0 Å². The zero-order valence-corrected chi connectivity index (χ0v) is 24.2. The summed E-state index contributed by atoms with van der Waals surface area (Å²) in [4.78, 5) is 24.9. The Bertz CT molecular complexity index is 1040. The van der Waals surface area contributed by atoms with Gasteiger partial charge in [-0.2, -0.15) is 0 Å². The second-order valence-corrected chi connectivity index (χ2v) is 14.5. The highest BCUT2D eigenvalue weighted by molar-refractivity contribution is 5.76. The highest BCUT2D eigenvalue weighted by Crippen LogP contribution is 2.74.